The van der Waals surface area contributed by atoms with E-state index in [9.17, 15) is 4.79 Å². The van der Waals surface area contributed by atoms with Crippen LogP contribution in [0.2, 0.25) is 5.02 Å². The Morgan fingerprint density at radius 2 is 2.07 bits per heavy atom. The maximum absolute atomic E-state index is 11.0. The van der Waals surface area contributed by atoms with E-state index in [0.29, 0.717) is 5.02 Å². The number of carbonyl (C=O) groups excluding carboxylic acids is 1. The number of azide groups is 1. The van der Waals surface area contributed by atoms with Gasteiger partial charge >= 0.3 is 0 Å². The summed E-state index contributed by atoms with van der Waals surface area (Å²) in [6.45, 7) is 1.34. The molecule has 0 aliphatic rings. The number of carbonyl (C=O) groups is 1. The molecule has 0 heterocycles. The molecule has 15 heavy (non-hydrogen) atoms. The van der Waals surface area contributed by atoms with E-state index >= 15 is 0 Å². The molecule has 0 fully saturated rings. The summed E-state index contributed by atoms with van der Waals surface area (Å²) < 4.78 is 0. The summed E-state index contributed by atoms with van der Waals surface area (Å²) in [4.78, 5) is 13.6. The van der Waals surface area contributed by atoms with Crippen LogP contribution in [-0.2, 0) is 4.79 Å². The Balaban J connectivity index is 3.07. The average molecular weight is 222 g/mol. The van der Waals surface area contributed by atoms with Crippen molar-refractivity contribution in [3.05, 3.63) is 51.0 Å². The van der Waals surface area contributed by atoms with Crippen molar-refractivity contribution in [3.8, 4) is 0 Å². The normalized spacial score (nSPS) is 10.7. The molecule has 1 aromatic rings. The molecule has 0 unspecified atom stereocenters. The number of rotatable bonds is 3. The van der Waals surface area contributed by atoms with Crippen molar-refractivity contribution in [2.45, 2.75) is 6.92 Å². The van der Waals surface area contributed by atoms with E-state index in [1.54, 1.807) is 24.3 Å². The van der Waals surface area contributed by atoms with Crippen molar-refractivity contribution in [2.75, 3.05) is 0 Å². The Bertz CT molecular complexity index is 440. The van der Waals surface area contributed by atoms with Crippen LogP contribution in [0.5, 0.6) is 0 Å². The van der Waals surface area contributed by atoms with Gasteiger partial charge < -0.3 is 0 Å². The van der Waals surface area contributed by atoms with Crippen molar-refractivity contribution < 1.29 is 4.79 Å². The van der Waals surface area contributed by atoms with E-state index in [0.717, 1.165) is 5.56 Å². The molecule has 0 atom stereocenters. The Morgan fingerprint density at radius 3 is 2.53 bits per heavy atom. The van der Waals surface area contributed by atoms with E-state index in [1.165, 1.54) is 13.0 Å². The molecule has 76 valence electrons. The second-order valence-electron chi connectivity index (χ2n) is 2.83. The summed E-state index contributed by atoms with van der Waals surface area (Å²) in [6, 6.07) is 6.86. The van der Waals surface area contributed by atoms with Gasteiger partial charge in [-0.25, -0.2) is 0 Å². The number of allylic oxidation sites excluding steroid dienone is 1. The molecule has 0 aromatic heterocycles. The van der Waals surface area contributed by atoms with Crippen LogP contribution in [0.25, 0.3) is 16.5 Å². The third-order valence-corrected chi connectivity index (χ3v) is 1.94. The number of halogens is 1. The standard InChI is InChI=1S/C10H8ClN3O/c1-7(15)10(13-14-12)6-8-2-4-9(11)5-3-8/h2-6H,1H3/b10-6-. The highest BCUT2D eigenvalue weighted by Gasteiger charge is 2.00. The van der Waals surface area contributed by atoms with Gasteiger partial charge in [0.1, 0.15) is 0 Å². The van der Waals surface area contributed by atoms with Crippen LogP contribution in [-0.4, -0.2) is 5.78 Å². The Kier molecular flexibility index (Phi) is 3.92. The summed E-state index contributed by atoms with van der Waals surface area (Å²) in [5.41, 5.74) is 9.10. The predicted molar refractivity (Wildman–Crippen MR) is 59.3 cm³/mol. The summed E-state index contributed by atoms with van der Waals surface area (Å²) in [7, 11) is 0. The minimum Gasteiger partial charge on any atom is -0.295 e. The first-order valence-electron chi connectivity index (χ1n) is 4.17. The highest BCUT2D eigenvalue weighted by atomic mass is 35.5. The fraction of sp³-hybridized carbons (Fsp3) is 0.100. The molecular weight excluding hydrogens is 214 g/mol. The lowest BCUT2D eigenvalue weighted by Gasteiger charge is -1.96. The summed E-state index contributed by atoms with van der Waals surface area (Å²) in [5, 5.41) is 3.91. The molecule has 0 amide bonds. The molecule has 0 aliphatic heterocycles. The molecule has 0 saturated carbocycles. The average Bonchev–Trinajstić information content (AvgIpc) is 2.20. The van der Waals surface area contributed by atoms with Crippen LogP contribution in [0.3, 0.4) is 0 Å². The van der Waals surface area contributed by atoms with Crippen LogP contribution in [0.15, 0.2) is 35.1 Å². The van der Waals surface area contributed by atoms with Gasteiger partial charge in [-0.15, -0.1) is 0 Å². The molecule has 4 nitrogen and oxygen atoms in total. The molecule has 0 spiro atoms. The zero-order valence-electron chi connectivity index (χ0n) is 8.01. The van der Waals surface area contributed by atoms with E-state index in [-0.39, 0.29) is 11.5 Å². The fourth-order valence-corrected chi connectivity index (χ4v) is 1.09. The van der Waals surface area contributed by atoms with E-state index in [1.807, 2.05) is 0 Å². The highest BCUT2D eigenvalue weighted by Crippen LogP contribution is 2.13. The largest absolute Gasteiger partial charge is 0.295 e. The smallest absolute Gasteiger partial charge is 0.162 e. The van der Waals surface area contributed by atoms with Gasteiger partial charge in [0.15, 0.2) is 5.78 Å². The number of nitrogens with zero attached hydrogens (tertiary/aromatic N) is 3. The summed E-state index contributed by atoms with van der Waals surface area (Å²) >= 11 is 5.70. The van der Waals surface area contributed by atoms with Gasteiger partial charge in [0.2, 0.25) is 0 Å². The zero-order valence-corrected chi connectivity index (χ0v) is 8.77. The van der Waals surface area contributed by atoms with Gasteiger partial charge in [-0.3, -0.25) is 4.79 Å². The molecular formula is C10H8ClN3O. The fourth-order valence-electron chi connectivity index (χ4n) is 0.966. The molecule has 0 aliphatic carbocycles. The van der Waals surface area contributed by atoms with Gasteiger partial charge in [0.25, 0.3) is 0 Å². The van der Waals surface area contributed by atoms with Crippen LogP contribution in [0, 0.1) is 0 Å². The van der Waals surface area contributed by atoms with Crippen LogP contribution < -0.4 is 0 Å². The lowest BCUT2D eigenvalue weighted by Crippen LogP contribution is -1.91. The number of benzene rings is 1. The van der Waals surface area contributed by atoms with Crippen LogP contribution in [0.1, 0.15) is 12.5 Å². The predicted octanol–water partition coefficient (Wildman–Crippen LogP) is 3.58. The van der Waals surface area contributed by atoms with E-state index in [4.69, 9.17) is 17.1 Å². The van der Waals surface area contributed by atoms with Crippen molar-refractivity contribution in [2.24, 2.45) is 5.11 Å². The number of ketones is 1. The lowest BCUT2D eigenvalue weighted by atomic mass is 10.1. The molecule has 0 N–H and O–H groups in total. The number of hydrogen-bond donors (Lipinski definition) is 0. The maximum atomic E-state index is 11.0. The Hall–Kier alpha value is -1.77. The third kappa shape index (κ3) is 3.46. The topological polar surface area (TPSA) is 65.8 Å². The Morgan fingerprint density at radius 1 is 1.47 bits per heavy atom. The van der Waals surface area contributed by atoms with Gasteiger partial charge in [-0.1, -0.05) is 28.8 Å². The van der Waals surface area contributed by atoms with Gasteiger partial charge in [0, 0.05) is 9.93 Å². The number of hydrogen-bond acceptors (Lipinski definition) is 2. The second kappa shape index (κ2) is 5.20. The molecule has 1 rings (SSSR count). The molecule has 0 radical (unpaired) electrons. The van der Waals surface area contributed by atoms with Crippen molar-refractivity contribution >= 4 is 23.5 Å². The van der Waals surface area contributed by atoms with Crippen molar-refractivity contribution in [1.29, 1.82) is 0 Å². The molecule has 0 bridgehead atoms. The lowest BCUT2D eigenvalue weighted by molar-refractivity contribution is -0.113. The summed E-state index contributed by atoms with van der Waals surface area (Å²) in [5.74, 6) is -0.275. The van der Waals surface area contributed by atoms with Crippen LogP contribution in [0.4, 0.5) is 0 Å². The second-order valence-corrected chi connectivity index (χ2v) is 3.26. The number of Topliss-reactive ketones (excluding diaryl/α,β-unsaturated/α-hetero) is 1. The third-order valence-electron chi connectivity index (χ3n) is 1.69. The maximum Gasteiger partial charge on any atom is 0.162 e. The zero-order chi connectivity index (χ0) is 11.3. The van der Waals surface area contributed by atoms with Gasteiger partial charge in [-0.2, -0.15) is 0 Å². The van der Waals surface area contributed by atoms with E-state index < -0.39 is 0 Å². The first-order valence-corrected chi connectivity index (χ1v) is 4.54. The monoisotopic (exact) mass is 221 g/mol. The van der Waals surface area contributed by atoms with Gasteiger partial charge in [0.05, 0.1) is 5.70 Å². The quantitative estimate of drug-likeness (QED) is 0.333. The highest BCUT2D eigenvalue weighted by molar-refractivity contribution is 6.30. The Labute approximate surface area is 91.8 Å². The van der Waals surface area contributed by atoms with Crippen molar-refractivity contribution in [3.63, 3.8) is 0 Å². The molecule has 1 aromatic carbocycles. The summed E-state index contributed by atoms with van der Waals surface area (Å²) in [6.07, 6.45) is 1.51. The van der Waals surface area contributed by atoms with Crippen LogP contribution >= 0.6 is 11.6 Å². The minimum absolute atomic E-state index is 0.0832. The first kappa shape index (κ1) is 11.3. The SMILES string of the molecule is CC(=O)/C(=C/c1ccc(Cl)cc1)N=[N+]=[N-]. The van der Waals surface area contributed by atoms with Crippen molar-refractivity contribution in [1.82, 2.24) is 0 Å². The first-order chi connectivity index (χ1) is 7.13. The van der Waals surface area contributed by atoms with E-state index in [2.05, 4.69) is 10.0 Å². The van der Waals surface area contributed by atoms with Gasteiger partial charge in [-0.05, 0) is 36.2 Å². The molecule has 5 heteroatoms. The molecule has 0 saturated heterocycles. The minimum atomic E-state index is -0.275.